The predicted molar refractivity (Wildman–Crippen MR) is 84.9 cm³/mol. The van der Waals surface area contributed by atoms with Gasteiger partial charge in [0.25, 0.3) is 0 Å². The molecule has 1 aromatic carbocycles. The first-order valence-corrected chi connectivity index (χ1v) is 7.50. The third-order valence-electron chi connectivity index (χ3n) is 3.51. The molecule has 0 amide bonds. The summed E-state index contributed by atoms with van der Waals surface area (Å²) in [6, 6.07) is 10.4. The van der Waals surface area contributed by atoms with Gasteiger partial charge in [0.05, 0.1) is 18.5 Å². The molecule has 5 heteroatoms. The van der Waals surface area contributed by atoms with Gasteiger partial charge in [-0.2, -0.15) is 10.2 Å². The van der Waals surface area contributed by atoms with Crippen LogP contribution in [0.1, 0.15) is 38.1 Å². The number of hydrogen-bond acceptors (Lipinski definition) is 5. The fraction of sp³-hybridized carbons (Fsp3) is 0.471. The van der Waals surface area contributed by atoms with Crippen LogP contribution in [0.2, 0.25) is 0 Å². The van der Waals surface area contributed by atoms with Crippen LogP contribution in [0, 0.1) is 17.2 Å². The molecule has 2 aromatic rings. The lowest BCUT2D eigenvalue weighted by Gasteiger charge is -2.14. The molecule has 0 saturated carbocycles. The van der Waals surface area contributed by atoms with E-state index in [1.165, 1.54) is 5.56 Å². The highest BCUT2D eigenvalue weighted by atomic mass is 16.5. The molecular formula is C17H22N4O. The Labute approximate surface area is 131 Å². The van der Waals surface area contributed by atoms with E-state index in [1.54, 1.807) is 0 Å². The Morgan fingerprint density at radius 2 is 1.91 bits per heavy atom. The molecule has 0 radical (unpaired) electrons. The van der Waals surface area contributed by atoms with E-state index in [-0.39, 0.29) is 5.92 Å². The van der Waals surface area contributed by atoms with Crippen LogP contribution in [0.15, 0.2) is 28.8 Å². The third-order valence-corrected chi connectivity index (χ3v) is 3.51. The molecule has 1 atom stereocenters. The largest absolute Gasteiger partial charge is 0.338 e. The molecule has 116 valence electrons. The van der Waals surface area contributed by atoms with Crippen molar-refractivity contribution in [1.82, 2.24) is 15.0 Å². The zero-order valence-electron chi connectivity index (χ0n) is 13.6. The second-order valence-electron chi connectivity index (χ2n) is 6.02. The van der Waals surface area contributed by atoms with Gasteiger partial charge in [-0.05, 0) is 25.5 Å². The van der Waals surface area contributed by atoms with Crippen LogP contribution in [0.5, 0.6) is 0 Å². The summed E-state index contributed by atoms with van der Waals surface area (Å²) in [4.78, 5) is 6.43. The lowest BCUT2D eigenvalue weighted by Crippen LogP contribution is -2.23. The van der Waals surface area contributed by atoms with Crippen LogP contribution in [0.25, 0.3) is 11.4 Å². The van der Waals surface area contributed by atoms with E-state index in [0.29, 0.717) is 30.7 Å². The van der Waals surface area contributed by atoms with Crippen LogP contribution in [0.3, 0.4) is 0 Å². The van der Waals surface area contributed by atoms with Crippen molar-refractivity contribution in [3.8, 4) is 17.5 Å². The summed E-state index contributed by atoms with van der Waals surface area (Å²) in [6.45, 7) is 7.45. The van der Waals surface area contributed by atoms with E-state index in [1.807, 2.05) is 31.0 Å². The minimum Gasteiger partial charge on any atom is -0.338 e. The van der Waals surface area contributed by atoms with E-state index in [0.717, 1.165) is 5.56 Å². The zero-order chi connectivity index (χ0) is 16.1. The summed E-state index contributed by atoms with van der Waals surface area (Å²) >= 11 is 0. The average Bonchev–Trinajstić information content (AvgIpc) is 2.95. The standard InChI is InChI=1S/C17H22N4O/c1-12(2)14-5-7-15(8-6-14)17-19-16(22-20-17)11-21(4)10-13(3)9-18/h5-8,12-13H,10-11H2,1-4H3/t13-/m1/s1. The smallest absolute Gasteiger partial charge is 0.241 e. The highest BCUT2D eigenvalue weighted by Crippen LogP contribution is 2.20. The first-order chi connectivity index (χ1) is 10.5. The molecule has 0 bridgehead atoms. The molecule has 1 aromatic heterocycles. The number of aromatic nitrogens is 2. The van der Waals surface area contributed by atoms with Crippen molar-refractivity contribution >= 4 is 0 Å². The first-order valence-electron chi connectivity index (χ1n) is 7.50. The normalized spacial score (nSPS) is 12.6. The van der Waals surface area contributed by atoms with E-state index in [4.69, 9.17) is 9.78 Å². The Hall–Kier alpha value is -2.19. The molecule has 0 aliphatic heterocycles. The molecule has 0 aliphatic carbocycles. The van der Waals surface area contributed by atoms with Crippen molar-refractivity contribution in [3.05, 3.63) is 35.7 Å². The van der Waals surface area contributed by atoms with Crippen LogP contribution in [-0.4, -0.2) is 28.6 Å². The maximum absolute atomic E-state index is 8.84. The summed E-state index contributed by atoms with van der Waals surface area (Å²) in [5.41, 5.74) is 2.24. The van der Waals surface area contributed by atoms with Gasteiger partial charge in [0.1, 0.15) is 0 Å². The summed E-state index contributed by atoms with van der Waals surface area (Å²) in [5.74, 6) is 1.66. The third kappa shape index (κ3) is 4.15. The van der Waals surface area contributed by atoms with Gasteiger partial charge >= 0.3 is 0 Å². The molecule has 1 heterocycles. The van der Waals surface area contributed by atoms with Crippen molar-refractivity contribution < 1.29 is 4.52 Å². The second kappa shape index (κ2) is 7.19. The van der Waals surface area contributed by atoms with Gasteiger partial charge < -0.3 is 4.52 Å². The molecular weight excluding hydrogens is 276 g/mol. The number of nitrogens with zero attached hydrogens (tertiary/aromatic N) is 4. The fourth-order valence-electron chi connectivity index (χ4n) is 2.26. The van der Waals surface area contributed by atoms with E-state index < -0.39 is 0 Å². The molecule has 0 aliphatic rings. The first kappa shape index (κ1) is 16.2. The highest BCUT2D eigenvalue weighted by molar-refractivity contribution is 5.54. The lowest BCUT2D eigenvalue weighted by atomic mass is 10.0. The number of benzene rings is 1. The van der Waals surface area contributed by atoms with Gasteiger partial charge in [0, 0.05) is 12.1 Å². The second-order valence-corrected chi connectivity index (χ2v) is 6.02. The summed E-state index contributed by atoms with van der Waals surface area (Å²) in [6.07, 6.45) is 0. The SMILES string of the molecule is CC(C)c1ccc(-c2noc(CN(C)C[C@H](C)C#N)n2)cc1. The van der Waals surface area contributed by atoms with Crippen molar-refractivity contribution in [2.75, 3.05) is 13.6 Å². The van der Waals surface area contributed by atoms with Crippen molar-refractivity contribution in [3.63, 3.8) is 0 Å². The molecule has 22 heavy (non-hydrogen) atoms. The van der Waals surface area contributed by atoms with E-state index in [9.17, 15) is 0 Å². The maximum Gasteiger partial charge on any atom is 0.241 e. The molecule has 0 saturated heterocycles. The summed E-state index contributed by atoms with van der Waals surface area (Å²) in [5, 5.41) is 12.9. The maximum atomic E-state index is 8.84. The number of rotatable bonds is 6. The Bertz CT molecular complexity index is 639. The van der Waals surface area contributed by atoms with Crippen LogP contribution in [-0.2, 0) is 6.54 Å². The molecule has 0 N–H and O–H groups in total. The van der Waals surface area contributed by atoms with Crippen molar-refractivity contribution in [2.45, 2.75) is 33.2 Å². The summed E-state index contributed by atoms with van der Waals surface area (Å²) in [7, 11) is 1.94. The van der Waals surface area contributed by atoms with Crippen LogP contribution < -0.4 is 0 Å². The average molecular weight is 298 g/mol. The fourth-order valence-corrected chi connectivity index (χ4v) is 2.26. The Morgan fingerprint density at radius 1 is 1.23 bits per heavy atom. The molecule has 0 fully saturated rings. The molecule has 5 nitrogen and oxygen atoms in total. The van der Waals surface area contributed by atoms with Crippen LogP contribution in [0.4, 0.5) is 0 Å². The quantitative estimate of drug-likeness (QED) is 0.817. The van der Waals surface area contributed by atoms with Gasteiger partial charge in [-0.1, -0.05) is 43.3 Å². The number of hydrogen-bond donors (Lipinski definition) is 0. The van der Waals surface area contributed by atoms with Gasteiger partial charge in [-0.3, -0.25) is 4.90 Å². The molecule has 0 spiro atoms. The predicted octanol–water partition coefficient (Wildman–Crippen LogP) is 3.45. The lowest BCUT2D eigenvalue weighted by molar-refractivity contribution is 0.253. The minimum absolute atomic E-state index is 0.0176. The Balaban J connectivity index is 2.03. The minimum atomic E-state index is -0.0176. The van der Waals surface area contributed by atoms with Crippen molar-refractivity contribution in [2.24, 2.45) is 5.92 Å². The Morgan fingerprint density at radius 3 is 2.50 bits per heavy atom. The summed E-state index contributed by atoms with van der Waals surface area (Å²) < 4.78 is 5.30. The topological polar surface area (TPSA) is 66.0 Å². The highest BCUT2D eigenvalue weighted by Gasteiger charge is 2.12. The van der Waals surface area contributed by atoms with Gasteiger partial charge in [-0.15, -0.1) is 0 Å². The zero-order valence-corrected chi connectivity index (χ0v) is 13.6. The van der Waals surface area contributed by atoms with Gasteiger partial charge in [0.2, 0.25) is 11.7 Å². The van der Waals surface area contributed by atoms with Crippen molar-refractivity contribution in [1.29, 1.82) is 5.26 Å². The number of nitriles is 1. The van der Waals surface area contributed by atoms with E-state index in [2.05, 4.69) is 42.2 Å². The molecule has 0 unspecified atom stereocenters. The van der Waals surface area contributed by atoms with Gasteiger partial charge in [0.15, 0.2) is 0 Å². The van der Waals surface area contributed by atoms with E-state index >= 15 is 0 Å². The molecule has 2 rings (SSSR count). The Kier molecular flexibility index (Phi) is 5.29. The van der Waals surface area contributed by atoms with Crippen LogP contribution >= 0.6 is 0 Å². The monoisotopic (exact) mass is 298 g/mol. The van der Waals surface area contributed by atoms with Gasteiger partial charge in [-0.25, -0.2) is 0 Å².